The van der Waals surface area contributed by atoms with Gasteiger partial charge in [-0.15, -0.1) is 0 Å². The van der Waals surface area contributed by atoms with Gasteiger partial charge in [-0.2, -0.15) is 0 Å². The smallest absolute Gasteiger partial charge is 0.173 e. The van der Waals surface area contributed by atoms with Gasteiger partial charge in [0.05, 0.1) is 20.3 Å². The van der Waals surface area contributed by atoms with Crippen LogP contribution in [0.15, 0.2) is 36.4 Å². The van der Waals surface area contributed by atoms with Crippen molar-refractivity contribution in [3.63, 3.8) is 0 Å². The molecular weight excluding hydrogens is 344 g/mol. The van der Waals surface area contributed by atoms with Gasteiger partial charge in [-0.05, 0) is 73.8 Å². The number of methoxy groups -OCH3 is 2. The minimum absolute atomic E-state index is 0.250. The molecule has 26 heavy (non-hydrogen) atoms. The monoisotopic (exact) mass is 370 g/mol. The lowest BCUT2D eigenvalue weighted by molar-refractivity contribution is 0.351. The standard InChI is InChI=1S/C21H26N2O2S/c1-14-7-5-8-17(15(14)2)22-21(26)23-12-6-9-18(23)16-10-11-19(24-3)20(13-16)25-4/h5,7-8,10-11,13,18H,6,9,12H2,1-4H3,(H,22,26)/t18-/m0/s1. The average Bonchev–Trinajstić information content (AvgIpc) is 3.14. The van der Waals surface area contributed by atoms with E-state index in [0.29, 0.717) is 0 Å². The van der Waals surface area contributed by atoms with Crippen LogP contribution in [-0.2, 0) is 0 Å². The van der Waals surface area contributed by atoms with E-state index in [2.05, 4.69) is 54.4 Å². The van der Waals surface area contributed by atoms with Gasteiger partial charge in [0.2, 0.25) is 0 Å². The van der Waals surface area contributed by atoms with Crippen molar-refractivity contribution in [2.24, 2.45) is 0 Å². The molecule has 0 amide bonds. The molecule has 1 saturated heterocycles. The van der Waals surface area contributed by atoms with Crippen molar-refractivity contribution < 1.29 is 9.47 Å². The molecule has 3 rings (SSSR count). The first-order chi connectivity index (χ1) is 12.5. The number of rotatable bonds is 4. The van der Waals surface area contributed by atoms with E-state index >= 15 is 0 Å². The lowest BCUT2D eigenvalue weighted by atomic mass is 10.0. The van der Waals surface area contributed by atoms with Crippen LogP contribution in [0, 0.1) is 13.8 Å². The predicted molar refractivity (Wildman–Crippen MR) is 110 cm³/mol. The Labute approximate surface area is 161 Å². The summed E-state index contributed by atoms with van der Waals surface area (Å²) in [5.74, 6) is 1.50. The highest BCUT2D eigenvalue weighted by Gasteiger charge is 2.29. The van der Waals surface area contributed by atoms with Crippen LogP contribution in [0.4, 0.5) is 5.69 Å². The molecule has 1 atom stereocenters. The van der Waals surface area contributed by atoms with Crippen LogP contribution in [0.2, 0.25) is 0 Å². The first-order valence-corrected chi connectivity index (χ1v) is 9.31. The fraction of sp³-hybridized carbons (Fsp3) is 0.381. The fourth-order valence-electron chi connectivity index (χ4n) is 3.49. The van der Waals surface area contributed by atoms with Crippen LogP contribution in [0.5, 0.6) is 11.5 Å². The number of hydrogen-bond acceptors (Lipinski definition) is 3. The summed E-state index contributed by atoms with van der Waals surface area (Å²) in [5, 5.41) is 4.22. The van der Waals surface area contributed by atoms with E-state index in [1.807, 2.05) is 6.07 Å². The second-order valence-electron chi connectivity index (χ2n) is 6.64. The van der Waals surface area contributed by atoms with Gasteiger partial charge in [0.15, 0.2) is 16.6 Å². The number of likely N-dealkylation sites (tertiary alicyclic amines) is 1. The summed E-state index contributed by atoms with van der Waals surface area (Å²) < 4.78 is 10.8. The minimum Gasteiger partial charge on any atom is -0.493 e. The average molecular weight is 371 g/mol. The van der Waals surface area contributed by atoms with Gasteiger partial charge in [0.25, 0.3) is 0 Å². The Balaban J connectivity index is 1.81. The summed E-state index contributed by atoms with van der Waals surface area (Å²) in [6.07, 6.45) is 2.19. The second-order valence-corrected chi connectivity index (χ2v) is 7.03. The van der Waals surface area contributed by atoms with Gasteiger partial charge in [0, 0.05) is 12.2 Å². The maximum atomic E-state index is 5.74. The normalized spacial score (nSPS) is 16.5. The predicted octanol–water partition coefficient (Wildman–Crippen LogP) is 4.85. The van der Waals surface area contributed by atoms with Gasteiger partial charge in [-0.25, -0.2) is 0 Å². The van der Waals surface area contributed by atoms with Crippen molar-refractivity contribution in [1.82, 2.24) is 4.90 Å². The van der Waals surface area contributed by atoms with Crippen molar-refractivity contribution in [2.75, 3.05) is 26.1 Å². The van der Waals surface area contributed by atoms with E-state index in [1.165, 1.54) is 16.7 Å². The highest BCUT2D eigenvalue weighted by atomic mass is 32.1. The summed E-state index contributed by atoms with van der Waals surface area (Å²) in [4.78, 5) is 2.28. The first kappa shape index (κ1) is 18.5. The van der Waals surface area contributed by atoms with Crippen LogP contribution in [0.25, 0.3) is 0 Å². The van der Waals surface area contributed by atoms with Crippen molar-refractivity contribution >= 4 is 23.0 Å². The molecule has 0 radical (unpaired) electrons. The zero-order valence-corrected chi connectivity index (χ0v) is 16.7. The molecular formula is C21H26N2O2S. The van der Waals surface area contributed by atoms with Gasteiger partial charge >= 0.3 is 0 Å². The van der Waals surface area contributed by atoms with E-state index < -0.39 is 0 Å². The number of benzene rings is 2. The van der Waals surface area contributed by atoms with Gasteiger partial charge in [-0.3, -0.25) is 0 Å². The van der Waals surface area contributed by atoms with Crippen LogP contribution < -0.4 is 14.8 Å². The third-order valence-corrected chi connectivity index (χ3v) is 5.49. The molecule has 0 bridgehead atoms. The lowest BCUT2D eigenvalue weighted by Crippen LogP contribution is -2.34. The van der Waals surface area contributed by atoms with Gasteiger partial charge in [-0.1, -0.05) is 18.2 Å². The van der Waals surface area contributed by atoms with Crippen molar-refractivity contribution in [3.05, 3.63) is 53.1 Å². The SMILES string of the molecule is COc1ccc([C@@H]2CCCN2C(=S)Nc2cccc(C)c2C)cc1OC. The Bertz CT molecular complexity index is 807. The molecule has 0 unspecified atom stereocenters. The largest absolute Gasteiger partial charge is 0.493 e. The highest BCUT2D eigenvalue weighted by molar-refractivity contribution is 7.80. The quantitative estimate of drug-likeness (QED) is 0.778. The lowest BCUT2D eigenvalue weighted by Gasteiger charge is -2.29. The van der Waals surface area contributed by atoms with E-state index in [0.717, 1.165) is 41.7 Å². The summed E-state index contributed by atoms with van der Waals surface area (Å²) in [6, 6.07) is 12.6. The molecule has 1 fully saturated rings. The van der Waals surface area contributed by atoms with Gasteiger partial charge < -0.3 is 19.7 Å². The number of nitrogens with one attached hydrogen (secondary N) is 1. The Morgan fingerprint density at radius 3 is 2.62 bits per heavy atom. The molecule has 0 aliphatic carbocycles. The van der Waals surface area contributed by atoms with E-state index in [-0.39, 0.29) is 6.04 Å². The van der Waals surface area contributed by atoms with Crippen LogP contribution in [-0.4, -0.2) is 30.8 Å². The molecule has 1 N–H and O–H groups in total. The molecule has 4 nitrogen and oxygen atoms in total. The molecule has 138 valence electrons. The molecule has 5 heteroatoms. The molecule has 0 spiro atoms. The molecule has 1 aliphatic heterocycles. The zero-order valence-electron chi connectivity index (χ0n) is 15.8. The highest BCUT2D eigenvalue weighted by Crippen LogP contribution is 2.37. The van der Waals surface area contributed by atoms with E-state index in [1.54, 1.807) is 14.2 Å². The molecule has 0 aromatic heterocycles. The Morgan fingerprint density at radius 1 is 1.12 bits per heavy atom. The first-order valence-electron chi connectivity index (χ1n) is 8.91. The Kier molecular flexibility index (Phi) is 5.67. The van der Waals surface area contributed by atoms with Crippen LogP contribution in [0.1, 0.15) is 35.6 Å². The van der Waals surface area contributed by atoms with Crippen molar-refractivity contribution in [2.45, 2.75) is 32.7 Å². The molecule has 0 saturated carbocycles. The number of nitrogens with zero attached hydrogens (tertiary/aromatic N) is 1. The van der Waals surface area contributed by atoms with Crippen molar-refractivity contribution in [3.8, 4) is 11.5 Å². The third kappa shape index (κ3) is 3.63. The zero-order chi connectivity index (χ0) is 18.7. The van der Waals surface area contributed by atoms with Crippen molar-refractivity contribution in [1.29, 1.82) is 0 Å². The van der Waals surface area contributed by atoms with Crippen LogP contribution >= 0.6 is 12.2 Å². The second kappa shape index (κ2) is 7.96. The topological polar surface area (TPSA) is 33.7 Å². The molecule has 1 heterocycles. The molecule has 1 aliphatic rings. The molecule has 2 aromatic rings. The van der Waals surface area contributed by atoms with E-state index in [9.17, 15) is 0 Å². The number of aryl methyl sites for hydroxylation is 1. The maximum Gasteiger partial charge on any atom is 0.173 e. The van der Waals surface area contributed by atoms with E-state index in [4.69, 9.17) is 21.7 Å². The Morgan fingerprint density at radius 2 is 1.88 bits per heavy atom. The number of hydrogen-bond donors (Lipinski definition) is 1. The summed E-state index contributed by atoms with van der Waals surface area (Å²) >= 11 is 5.74. The maximum absolute atomic E-state index is 5.74. The summed E-state index contributed by atoms with van der Waals surface area (Å²) in [5.41, 5.74) is 4.77. The minimum atomic E-state index is 0.250. The van der Waals surface area contributed by atoms with Crippen LogP contribution in [0.3, 0.4) is 0 Å². The number of thiocarbonyl (C=S) groups is 1. The Hall–Kier alpha value is -2.27. The summed E-state index contributed by atoms with van der Waals surface area (Å²) in [6.45, 7) is 5.19. The number of anilines is 1. The number of ether oxygens (including phenoxy) is 2. The fourth-order valence-corrected chi connectivity index (χ4v) is 3.82. The third-order valence-electron chi connectivity index (χ3n) is 5.15. The molecule has 2 aromatic carbocycles. The summed E-state index contributed by atoms with van der Waals surface area (Å²) in [7, 11) is 3.32. The van der Waals surface area contributed by atoms with Gasteiger partial charge in [0.1, 0.15) is 0 Å².